The zero-order valence-electron chi connectivity index (χ0n) is 11.7. The van der Waals surface area contributed by atoms with Crippen molar-refractivity contribution in [2.24, 2.45) is 0 Å². The van der Waals surface area contributed by atoms with Gasteiger partial charge < -0.3 is 0 Å². The Bertz CT molecular complexity index is 662. The fraction of sp³-hybridized carbons (Fsp3) is 0.429. The van der Waals surface area contributed by atoms with Crippen molar-refractivity contribution in [2.75, 3.05) is 13.6 Å². The lowest BCUT2D eigenvalue weighted by Gasteiger charge is -2.30. The highest BCUT2D eigenvalue weighted by Crippen LogP contribution is 2.16. The van der Waals surface area contributed by atoms with Crippen LogP contribution in [0.3, 0.4) is 0 Å². The lowest BCUT2D eigenvalue weighted by molar-refractivity contribution is -0.125. The Hall–Kier alpha value is -1.91. The second-order valence-corrected chi connectivity index (χ2v) is 6.78. The van der Waals surface area contributed by atoms with Crippen molar-refractivity contribution in [1.29, 1.82) is 5.26 Å². The van der Waals surface area contributed by atoms with E-state index in [1.807, 2.05) is 18.0 Å². The fourth-order valence-corrected chi connectivity index (χ4v) is 3.39. The molecule has 1 saturated heterocycles. The molecule has 112 valence electrons. The van der Waals surface area contributed by atoms with Crippen LogP contribution in [0.25, 0.3) is 0 Å². The Morgan fingerprint density at radius 2 is 2.00 bits per heavy atom. The van der Waals surface area contributed by atoms with Gasteiger partial charge in [-0.05, 0) is 50.7 Å². The van der Waals surface area contributed by atoms with Crippen molar-refractivity contribution in [3.05, 3.63) is 29.8 Å². The number of benzene rings is 1. The van der Waals surface area contributed by atoms with Crippen molar-refractivity contribution in [3.63, 3.8) is 0 Å². The van der Waals surface area contributed by atoms with Gasteiger partial charge in [-0.3, -0.25) is 9.69 Å². The molecule has 0 aromatic heterocycles. The minimum Gasteiger partial charge on any atom is -0.295 e. The molecule has 2 rings (SSSR count). The maximum Gasteiger partial charge on any atom is 0.264 e. The first-order valence-corrected chi connectivity index (χ1v) is 8.19. The van der Waals surface area contributed by atoms with Crippen LogP contribution >= 0.6 is 0 Å². The van der Waals surface area contributed by atoms with E-state index in [4.69, 9.17) is 5.26 Å². The van der Waals surface area contributed by atoms with Gasteiger partial charge in [0.05, 0.1) is 22.6 Å². The standard InChI is InChI=1S/C14H17N3O3S/c1-17-9-3-2-4-13(17)14(18)16-21(19,20)12-7-5-11(10-15)6-8-12/h5-8,13H,2-4,9H2,1H3,(H,16,18)/t13-/m0/s1. The molecule has 0 aliphatic carbocycles. The Balaban J connectivity index is 2.13. The number of carbonyl (C=O) groups excluding carboxylic acids is 1. The van der Waals surface area contributed by atoms with Crippen molar-refractivity contribution in [2.45, 2.75) is 30.2 Å². The van der Waals surface area contributed by atoms with Crippen LogP contribution < -0.4 is 4.72 Å². The predicted molar refractivity (Wildman–Crippen MR) is 76.8 cm³/mol. The molecule has 21 heavy (non-hydrogen) atoms. The number of sulfonamides is 1. The third-order valence-corrected chi connectivity index (χ3v) is 4.96. The van der Waals surface area contributed by atoms with E-state index in [9.17, 15) is 13.2 Å². The van der Waals surface area contributed by atoms with Crippen LogP contribution in [0.5, 0.6) is 0 Å². The van der Waals surface area contributed by atoms with Crippen LogP contribution in [0.1, 0.15) is 24.8 Å². The summed E-state index contributed by atoms with van der Waals surface area (Å²) in [6.45, 7) is 0.787. The topological polar surface area (TPSA) is 90.3 Å². The summed E-state index contributed by atoms with van der Waals surface area (Å²) in [7, 11) is -2.08. The SMILES string of the molecule is CN1CCCC[C@H]1C(=O)NS(=O)(=O)c1ccc(C#N)cc1. The normalized spacial score (nSPS) is 19.7. The maximum absolute atomic E-state index is 12.2. The van der Waals surface area contributed by atoms with Crippen molar-refractivity contribution in [1.82, 2.24) is 9.62 Å². The van der Waals surface area contributed by atoms with Gasteiger partial charge in [-0.25, -0.2) is 13.1 Å². The summed E-state index contributed by atoms with van der Waals surface area (Å²) in [5.41, 5.74) is 0.368. The molecule has 7 heteroatoms. The van der Waals surface area contributed by atoms with Crippen molar-refractivity contribution >= 4 is 15.9 Å². The van der Waals surface area contributed by atoms with Gasteiger partial charge in [-0.2, -0.15) is 5.26 Å². The molecule has 1 fully saturated rings. The summed E-state index contributed by atoms with van der Waals surface area (Å²) in [5.74, 6) is -0.499. The van der Waals surface area contributed by atoms with Gasteiger partial charge in [0.2, 0.25) is 0 Å². The molecule has 1 amide bonds. The number of nitriles is 1. The van der Waals surface area contributed by atoms with Crippen molar-refractivity contribution < 1.29 is 13.2 Å². The number of likely N-dealkylation sites (tertiary alicyclic amines) is 1. The molecule has 0 spiro atoms. The lowest BCUT2D eigenvalue weighted by Crippen LogP contribution is -2.49. The Morgan fingerprint density at radius 3 is 2.57 bits per heavy atom. The molecule has 1 N–H and O–H groups in total. The number of hydrogen-bond donors (Lipinski definition) is 1. The Morgan fingerprint density at radius 1 is 1.33 bits per heavy atom. The van der Waals surface area contributed by atoms with E-state index in [2.05, 4.69) is 4.72 Å². The molecule has 0 saturated carbocycles. The molecular weight excluding hydrogens is 290 g/mol. The van der Waals surface area contributed by atoms with E-state index < -0.39 is 22.0 Å². The summed E-state index contributed by atoms with van der Waals surface area (Å²) in [5, 5.41) is 8.70. The lowest BCUT2D eigenvalue weighted by atomic mass is 10.0. The highest BCUT2D eigenvalue weighted by Gasteiger charge is 2.29. The largest absolute Gasteiger partial charge is 0.295 e. The quantitative estimate of drug-likeness (QED) is 0.894. The molecule has 0 bridgehead atoms. The maximum atomic E-state index is 12.2. The number of nitrogens with zero attached hydrogens (tertiary/aromatic N) is 2. The smallest absolute Gasteiger partial charge is 0.264 e. The molecule has 0 radical (unpaired) electrons. The molecular formula is C14H17N3O3S. The number of piperidine rings is 1. The van der Waals surface area contributed by atoms with Crippen LogP contribution in [-0.4, -0.2) is 38.9 Å². The van der Waals surface area contributed by atoms with Crippen molar-refractivity contribution in [3.8, 4) is 6.07 Å². The van der Waals surface area contributed by atoms with Crippen LogP contribution in [0, 0.1) is 11.3 Å². The number of hydrogen-bond acceptors (Lipinski definition) is 5. The molecule has 1 aromatic carbocycles. The minimum absolute atomic E-state index is 0.0201. The zero-order valence-corrected chi connectivity index (χ0v) is 12.6. The Kier molecular flexibility index (Phi) is 4.60. The fourth-order valence-electron chi connectivity index (χ4n) is 2.37. The van der Waals surface area contributed by atoms with Crippen LogP contribution in [0.15, 0.2) is 29.2 Å². The van der Waals surface area contributed by atoms with Gasteiger partial charge in [0.1, 0.15) is 0 Å². The number of likely N-dealkylation sites (N-methyl/N-ethyl adjacent to an activating group) is 1. The van der Waals surface area contributed by atoms with Gasteiger partial charge in [0.25, 0.3) is 15.9 Å². The van der Waals surface area contributed by atoms with E-state index >= 15 is 0 Å². The van der Waals surface area contributed by atoms with Gasteiger partial charge in [0.15, 0.2) is 0 Å². The molecule has 0 unspecified atom stereocenters. The van der Waals surface area contributed by atoms with E-state index in [1.54, 1.807) is 0 Å². The summed E-state index contributed by atoms with van der Waals surface area (Å²) < 4.78 is 26.4. The molecule has 1 atom stereocenters. The number of rotatable bonds is 3. The van der Waals surface area contributed by atoms with Crippen LogP contribution in [0.4, 0.5) is 0 Å². The van der Waals surface area contributed by atoms with E-state index in [-0.39, 0.29) is 4.90 Å². The summed E-state index contributed by atoms with van der Waals surface area (Å²) in [4.78, 5) is 14.0. The van der Waals surface area contributed by atoms with E-state index in [0.29, 0.717) is 12.0 Å². The first-order chi connectivity index (χ1) is 9.94. The van der Waals surface area contributed by atoms with Gasteiger partial charge in [0, 0.05) is 0 Å². The van der Waals surface area contributed by atoms with E-state index in [1.165, 1.54) is 24.3 Å². The summed E-state index contributed by atoms with van der Waals surface area (Å²) in [6.07, 6.45) is 2.59. The highest BCUT2D eigenvalue weighted by molar-refractivity contribution is 7.90. The van der Waals surface area contributed by atoms with Gasteiger partial charge in [-0.1, -0.05) is 6.42 Å². The number of carbonyl (C=O) groups is 1. The molecule has 1 heterocycles. The first kappa shape index (κ1) is 15.5. The number of amides is 1. The van der Waals surface area contributed by atoms with Crippen LogP contribution in [0.2, 0.25) is 0 Å². The molecule has 6 nitrogen and oxygen atoms in total. The summed E-state index contributed by atoms with van der Waals surface area (Å²) >= 11 is 0. The molecule has 1 aliphatic rings. The zero-order chi connectivity index (χ0) is 15.5. The van der Waals surface area contributed by atoms with E-state index in [0.717, 1.165) is 19.4 Å². The average Bonchev–Trinajstić information content (AvgIpc) is 2.47. The molecule has 1 aromatic rings. The van der Waals surface area contributed by atoms with Crippen LogP contribution in [-0.2, 0) is 14.8 Å². The van der Waals surface area contributed by atoms with Gasteiger partial charge in [-0.15, -0.1) is 0 Å². The third kappa shape index (κ3) is 3.60. The Labute approximate surface area is 124 Å². The second kappa shape index (κ2) is 6.24. The van der Waals surface area contributed by atoms with Gasteiger partial charge >= 0.3 is 0 Å². The second-order valence-electron chi connectivity index (χ2n) is 5.10. The summed E-state index contributed by atoms with van der Waals surface area (Å²) in [6, 6.07) is 6.96. The first-order valence-electron chi connectivity index (χ1n) is 6.71. The monoisotopic (exact) mass is 307 g/mol. The third-order valence-electron chi connectivity index (χ3n) is 3.60. The predicted octanol–water partition coefficient (Wildman–Crippen LogP) is 0.847. The number of nitrogens with one attached hydrogen (secondary N) is 1. The highest BCUT2D eigenvalue weighted by atomic mass is 32.2. The minimum atomic E-state index is -3.89. The average molecular weight is 307 g/mol. The molecule has 1 aliphatic heterocycles.